The molecule has 1 atom stereocenters. The van der Waals surface area contributed by atoms with Gasteiger partial charge in [-0.15, -0.1) is 0 Å². The van der Waals surface area contributed by atoms with Crippen LogP contribution in [-0.4, -0.2) is 48.9 Å². The minimum absolute atomic E-state index is 0.0707. The maximum absolute atomic E-state index is 12.3. The van der Waals surface area contributed by atoms with Crippen molar-refractivity contribution in [1.29, 1.82) is 0 Å². The highest BCUT2D eigenvalue weighted by molar-refractivity contribution is 5.95. The second-order valence-electron chi connectivity index (χ2n) is 7.39. The quantitative estimate of drug-likeness (QED) is 0.685. The second-order valence-corrected chi connectivity index (χ2v) is 7.39. The predicted octanol–water partition coefficient (Wildman–Crippen LogP) is 2.31. The molecule has 8 heteroatoms. The largest absolute Gasteiger partial charge is 0.465 e. The molecule has 3 rings (SSSR count). The molecule has 8 nitrogen and oxygen atoms in total. The lowest BCUT2D eigenvalue weighted by molar-refractivity contribution is -0.151. The molecule has 162 valence electrons. The molecule has 1 heterocycles. The van der Waals surface area contributed by atoms with Crippen LogP contribution in [0.5, 0.6) is 0 Å². The van der Waals surface area contributed by atoms with Gasteiger partial charge in [-0.05, 0) is 36.8 Å². The number of methoxy groups -OCH3 is 1. The normalized spacial score (nSPS) is 15.5. The Hall–Kier alpha value is -3.68. The number of rotatable bonds is 7. The first-order valence-corrected chi connectivity index (χ1v) is 9.84. The number of ether oxygens (including phenoxy) is 2. The fourth-order valence-electron chi connectivity index (χ4n) is 3.26. The summed E-state index contributed by atoms with van der Waals surface area (Å²) in [5.41, 5.74) is 2.93. The number of carbonyl (C=O) groups excluding carboxylic acids is 4. The molecule has 1 unspecified atom stereocenters. The summed E-state index contributed by atoms with van der Waals surface area (Å²) in [6.45, 7) is 2.23. The fourth-order valence-corrected chi connectivity index (χ4v) is 3.26. The zero-order valence-electron chi connectivity index (χ0n) is 17.4. The third-order valence-electron chi connectivity index (χ3n) is 4.98. The van der Waals surface area contributed by atoms with Crippen LogP contribution in [-0.2, 0) is 30.4 Å². The van der Waals surface area contributed by atoms with E-state index in [4.69, 9.17) is 4.74 Å². The van der Waals surface area contributed by atoms with Crippen molar-refractivity contribution in [1.82, 2.24) is 4.90 Å². The lowest BCUT2D eigenvalue weighted by Crippen LogP contribution is -2.28. The number of nitrogens with one attached hydrogen (secondary N) is 1. The van der Waals surface area contributed by atoms with E-state index in [1.165, 1.54) is 19.2 Å². The van der Waals surface area contributed by atoms with Crippen molar-refractivity contribution in [2.75, 3.05) is 25.6 Å². The smallest absolute Gasteiger partial charge is 0.337 e. The van der Waals surface area contributed by atoms with Crippen LogP contribution in [0, 0.1) is 12.8 Å². The van der Waals surface area contributed by atoms with E-state index >= 15 is 0 Å². The van der Waals surface area contributed by atoms with E-state index in [0.29, 0.717) is 17.8 Å². The van der Waals surface area contributed by atoms with Gasteiger partial charge in [-0.3, -0.25) is 14.4 Å². The molecule has 0 saturated carbocycles. The standard InChI is InChI=1S/C23H24N2O6/c1-15-3-5-16(6-4-15)12-25-13-18(11-21(25)27)23(29)31-14-20(26)24-19-9-7-17(8-10-19)22(28)30-2/h3-10,18H,11-14H2,1-2H3,(H,24,26). The van der Waals surface area contributed by atoms with E-state index in [-0.39, 0.29) is 18.9 Å². The number of benzene rings is 2. The molecule has 1 saturated heterocycles. The van der Waals surface area contributed by atoms with Gasteiger partial charge in [0.15, 0.2) is 6.61 Å². The van der Waals surface area contributed by atoms with Gasteiger partial charge in [-0.2, -0.15) is 0 Å². The first-order chi connectivity index (χ1) is 14.9. The van der Waals surface area contributed by atoms with Gasteiger partial charge in [0.25, 0.3) is 5.91 Å². The SMILES string of the molecule is COC(=O)c1ccc(NC(=O)COC(=O)C2CC(=O)N(Cc3ccc(C)cc3)C2)cc1. The molecule has 2 aromatic rings. The van der Waals surface area contributed by atoms with Crippen molar-refractivity contribution in [3.05, 3.63) is 65.2 Å². The zero-order valence-corrected chi connectivity index (χ0v) is 17.4. The van der Waals surface area contributed by atoms with Gasteiger partial charge in [0, 0.05) is 25.2 Å². The number of anilines is 1. The third-order valence-corrected chi connectivity index (χ3v) is 4.98. The molecule has 0 bridgehead atoms. The number of esters is 2. The summed E-state index contributed by atoms with van der Waals surface area (Å²) in [4.78, 5) is 49.6. The predicted molar refractivity (Wildman–Crippen MR) is 112 cm³/mol. The van der Waals surface area contributed by atoms with E-state index in [1.807, 2.05) is 31.2 Å². The Bertz CT molecular complexity index is 969. The zero-order chi connectivity index (χ0) is 22.4. The average molecular weight is 424 g/mol. The first-order valence-electron chi connectivity index (χ1n) is 9.84. The molecule has 2 aromatic carbocycles. The van der Waals surface area contributed by atoms with E-state index in [9.17, 15) is 19.2 Å². The number of likely N-dealkylation sites (tertiary alicyclic amines) is 1. The highest BCUT2D eigenvalue weighted by Crippen LogP contribution is 2.21. The minimum Gasteiger partial charge on any atom is -0.465 e. The van der Waals surface area contributed by atoms with Gasteiger partial charge >= 0.3 is 11.9 Å². The number of nitrogens with zero attached hydrogens (tertiary/aromatic N) is 1. The van der Waals surface area contributed by atoms with Crippen molar-refractivity contribution in [3.8, 4) is 0 Å². The molecule has 0 aliphatic carbocycles. The van der Waals surface area contributed by atoms with Gasteiger partial charge in [0.2, 0.25) is 5.91 Å². The molecule has 1 N–H and O–H groups in total. The molecular weight excluding hydrogens is 400 g/mol. The first kappa shape index (κ1) is 22.0. The molecule has 1 aliphatic heterocycles. The highest BCUT2D eigenvalue weighted by atomic mass is 16.5. The van der Waals surface area contributed by atoms with Crippen LogP contribution in [0.15, 0.2) is 48.5 Å². The van der Waals surface area contributed by atoms with Crippen LogP contribution in [0.4, 0.5) is 5.69 Å². The van der Waals surface area contributed by atoms with Crippen molar-refractivity contribution < 1.29 is 28.7 Å². The Balaban J connectivity index is 1.45. The Labute approximate surface area is 180 Å². The van der Waals surface area contributed by atoms with Crippen LogP contribution in [0.2, 0.25) is 0 Å². The molecule has 1 aliphatic rings. The van der Waals surface area contributed by atoms with Gasteiger partial charge in [-0.25, -0.2) is 4.79 Å². The van der Waals surface area contributed by atoms with E-state index in [2.05, 4.69) is 10.1 Å². The summed E-state index contributed by atoms with van der Waals surface area (Å²) in [5, 5.41) is 2.58. The molecule has 0 aromatic heterocycles. The summed E-state index contributed by atoms with van der Waals surface area (Å²) >= 11 is 0. The van der Waals surface area contributed by atoms with Crippen LogP contribution >= 0.6 is 0 Å². The summed E-state index contributed by atoms with van der Waals surface area (Å²) < 4.78 is 9.71. The van der Waals surface area contributed by atoms with Crippen molar-refractivity contribution in [2.45, 2.75) is 19.9 Å². The lowest BCUT2D eigenvalue weighted by atomic mass is 10.1. The average Bonchev–Trinajstić information content (AvgIpc) is 3.14. The molecule has 31 heavy (non-hydrogen) atoms. The Morgan fingerprint density at radius 1 is 1.06 bits per heavy atom. The van der Waals surface area contributed by atoms with Crippen LogP contribution < -0.4 is 5.32 Å². The molecule has 2 amide bonds. The number of hydrogen-bond acceptors (Lipinski definition) is 6. The summed E-state index contributed by atoms with van der Waals surface area (Å²) in [6, 6.07) is 14.0. The van der Waals surface area contributed by atoms with E-state index in [0.717, 1.165) is 11.1 Å². The highest BCUT2D eigenvalue weighted by Gasteiger charge is 2.35. The van der Waals surface area contributed by atoms with Gasteiger partial charge in [0.05, 0.1) is 18.6 Å². The fraction of sp³-hybridized carbons (Fsp3) is 0.304. The van der Waals surface area contributed by atoms with Crippen LogP contribution in [0.1, 0.15) is 27.9 Å². The maximum Gasteiger partial charge on any atom is 0.337 e. The monoisotopic (exact) mass is 424 g/mol. The van der Waals surface area contributed by atoms with Crippen LogP contribution in [0.3, 0.4) is 0 Å². The maximum atomic E-state index is 12.3. The summed E-state index contributed by atoms with van der Waals surface area (Å²) in [5.74, 6) is -2.27. The second kappa shape index (κ2) is 9.88. The molecule has 0 spiro atoms. The van der Waals surface area contributed by atoms with E-state index in [1.54, 1.807) is 17.0 Å². The Kier molecular flexibility index (Phi) is 7.02. The summed E-state index contributed by atoms with van der Waals surface area (Å²) in [7, 11) is 1.28. The van der Waals surface area contributed by atoms with Gasteiger partial charge in [-0.1, -0.05) is 29.8 Å². The van der Waals surface area contributed by atoms with Gasteiger partial charge in [0.1, 0.15) is 0 Å². The third kappa shape index (κ3) is 5.91. The number of hydrogen-bond donors (Lipinski definition) is 1. The molecular formula is C23H24N2O6. The Morgan fingerprint density at radius 2 is 1.74 bits per heavy atom. The van der Waals surface area contributed by atoms with Crippen molar-refractivity contribution >= 4 is 29.4 Å². The van der Waals surface area contributed by atoms with E-state index < -0.39 is 30.4 Å². The van der Waals surface area contributed by atoms with Crippen molar-refractivity contribution in [3.63, 3.8) is 0 Å². The number of aryl methyl sites for hydroxylation is 1. The Morgan fingerprint density at radius 3 is 2.39 bits per heavy atom. The lowest BCUT2D eigenvalue weighted by Gasteiger charge is -2.16. The topological polar surface area (TPSA) is 102 Å². The molecule has 0 radical (unpaired) electrons. The van der Waals surface area contributed by atoms with Gasteiger partial charge < -0.3 is 19.7 Å². The number of amides is 2. The molecule has 1 fully saturated rings. The minimum atomic E-state index is -0.593. The van der Waals surface area contributed by atoms with Crippen LogP contribution in [0.25, 0.3) is 0 Å². The van der Waals surface area contributed by atoms with Crippen molar-refractivity contribution in [2.24, 2.45) is 5.92 Å². The summed E-state index contributed by atoms with van der Waals surface area (Å²) in [6.07, 6.45) is 0.0707. The number of carbonyl (C=O) groups is 4.